The number of ether oxygens (including phenoxy) is 1. The van der Waals surface area contributed by atoms with Crippen molar-refractivity contribution in [1.29, 1.82) is 0 Å². The molecule has 2 amide bonds. The van der Waals surface area contributed by atoms with Crippen molar-refractivity contribution < 1.29 is 22.7 Å². The van der Waals surface area contributed by atoms with Crippen molar-refractivity contribution >= 4 is 27.5 Å². The molecule has 4 rings (SSSR count). The summed E-state index contributed by atoms with van der Waals surface area (Å²) in [7, 11) is -2.61. The molecule has 0 saturated carbocycles. The van der Waals surface area contributed by atoms with Crippen molar-refractivity contribution in [3.8, 4) is 5.75 Å². The third kappa shape index (κ3) is 8.10. The molecule has 1 N–H and O–H groups in total. The van der Waals surface area contributed by atoms with Gasteiger partial charge in [-0.15, -0.1) is 0 Å². The number of hydrogen-bond donors (Lipinski definition) is 1. The molecule has 0 aliphatic heterocycles. The van der Waals surface area contributed by atoms with E-state index in [1.807, 2.05) is 82.3 Å². The fourth-order valence-electron chi connectivity index (χ4n) is 5.17. The molecule has 236 valence electrons. The Balaban J connectivity index is 1.83. The van der Waals surface area contributed by atoms with E-state index >= 15 is 0 Å². The average Bonchev–Trinajstić information content (AvgIpc) is 3.03. The van der Waals surface area contributed by atoms with E-state index in [1.165, 1.54) is 4.90 Å². The van der Waals surface area contributed by atoms with Crippen molar-refractivity contribution in [2.45, 2.75) is 51.6 Å². The number of aryl methyl sites for hydroxylation is 2. The number of hydrogen-bond acceptors (Lipinski definition) is 5. The molecule has 0 radical (unpaired) electrons. The number of nitrogens with zero attached hydrogens (tertiary/aromatic N) is 2. The van der Waals surface area contributed by atoms with Crippen LogP contribution in [0.15, 0.2) is 102 Å². The summed E-state index contributed by atoms with van der Waals surface area (Å²) in [6.07, 6.45) is 0.247. The number of carbonyl (C=O) groups is 2. The van der Waals surface area contributed by atoms with Crippen LogP contribution >= 0.6 is 0 Å². The van der Waals surface area contributed by atoms with Gasteiger partial charge in [0, 0.05) is 19.5 Å². The van der Waals surface area contributed by atoms with E-state index in [1.54, 1.807) is 49.6 Å². The van der Waals surface area contributed by atoms with Crippen molar-refractivity contribution in [2.75, 3.05) is 24.5 Å². The minimum absolute atomic E-state index is 0.0654. The van der Waals surface area contributed by atoms with Gasteiger partial charge in [0.05, 0.1) is 17.7 Å². The van der Waals surface area contributed by atoms with Gasteiger partial charge >= 0.3 is 0 Å². The molecule has 0 aliphatic rings. The lowest BCUT2D eigenvalue weighted by Crippen LogP contribution is -2.53. The average molecular weight is 628 g/mol. The molecule has 8 nitrogen and oxygen atoms in total. The number of anilines is 1. The first-order chi connectivity index (χ1) is 21.5. The lowest BCUT2D eigenvalue weighted by molar-refractivity contribution is -0.140. The summed E-state index contributed by atoms with van der Waals surface area (Å²) in [4.78, 5) is 29.8. The number of amides is 2. The molecular formula is C36H41N3O5S. The smallest absolute Gasteiger partial charge is 0.264 e. The minimum Gasteiger partial charge on any atom is -0.497 e. The molecule has 0 aromatic heterocycles. The Morgan fingerprint density at radius 3 is 2.18 bits per heavy atom. The standard InChI is InChI=1S/C36H41N3O5S/c1-6-37-36(41)34(23-29-13-8-7-9-14-29)38(24-30-15-11-16-31(22-30)44-5)35(40)25-39(33-17-10-12-27(3)28(33)4)45(42,43)32-20-18-26(2)19-21-32/h7-22,34H,6,23-25H2,1-5H3,(H,37,41)/t34-/m1/s1. The topological polar surface area (TPSA) is 96.0 Å². The number of carbonyl (C=O) groups excluding carboxylic acids is 2. The summed E-state index contributed by atoms with van der Waals surface area (Å²) in [5, 5.41) is 2.88. The third-order valence-corrected chi connectivity index (χ3v) is 9.62. The minimum atomic E-state index is -4.17. The highest BCUT2D eigenvalue weighted by Crippen LogP contribution is 2.29. The summed E-state index contributed by atoms with van der Waals surface area (Å²) in [6, 6.07) is 27.8. The number of methoxy groups -OCH3 is 1. The van der Waals surface area contributed by atoms with Crippen LogP contribution in [-0.4, -0.2) is 51.4 Å². The predicted octanol–water partition coefficient (Wildman–Crippen LogP) is 5.59. The van der Waals surface area contributed by atoms with E-state index in [4.69, 9.17) is 4.74 Å². The Labute approximate surface area is 266 Å². The summed E-state index contributed by atoms with van der Waals surface area (Å²) < 4.78 is 35.1. The monoisotopic (exact) mass is 627 g/mol. The maximum absolute atomic E-state index is 14.6. The van der Waals surface area contributed by atoms with E-state index in [2.05, 4.69) is 5.32 Å². The zero-order chi connectivity index (χ0) is 32.6. The van der Waals surface area contributed by atoms with Crippen LogP contribution in [0, 0.1) is 20.8 Å². The number of benzene rings is 4. The van der Waals surface area contributed by atoms with Crippen LogP contribution in [0.2, 0.25) is 0 Å². The normalized spacial score (nSPS) is 11.8. The van der Waals surface area contributed by atoms with E-state index in [-0.39, 0.29) is 23.8 Å². The van der Waals surface area contributed by atoms with Gasteiger partial charge in [-0.2, -0.15) is 0 Å². The van der Waals surface area contributed by atoms with Gasteiger partial charge in [-0.25, -0.2) is 8.42 Å². The highest BCUT2D eigenvalue weighted by atomic mass is 32.2. The Kier molecular flexibility index (Phi) is 11.0. The van der Waals surface area contributed by atoms with E-state index < -0.39 is 28.5 Å². The molecule has 0 heterocycles. The van der Waals surface area contributed by atoms with Crippen LogP contribution in [0.5, 0.6) is 5.75 Å². The van der Waals surface area contributed by atoms with Crippen LogP contribution in [0.25, 0.3) is 0 Å². The molecule has 0 unspecified atom stereocenters. The zero-order valence-corrected chi connectivity index (χ0v) is 27.3. The lowest BCUT2D eigenvalue weighted by atomic mass is 10.0. The molecule has 0 bridgehead atoms. The second-order valence-electron chi connectivity index (χ2n) is 11.0. The number of rotatable bonds is 13. The first-order valence-corrected chi connectivity index (χ1v) is 16.4. The molecule has 4 aromatic rings. The number of likely N-dealkylation sites (N-methyl/N-ethyl adjacent to an activating group) is 1. The maximum Gasteiger partial charge on any atom is 0.264 e. The van der Waals surface area contributed by atoms with E-state index in [0.29, 0.717) is 18.0 Å². The Bertz CT molecular complexity index is 1720. The van der Waals surface area contributed by atoms with Gasteiger partial charge in [0.15, 0.2) is 0 Å². The van der Waals surface area contributed by atoms with E-state index in [9.17, 15) is 18.0 Å². The van der Waals surface area contributed by atoms with Crippen molar-refractivity contribution in [3.63, 3.8) is 0 Å². The summed E-state index contributed by atoms with van der Waals surface area (Å²) in [6.45, 7) is 7.38. The lowest BCUT2D eigenvalue weighted by Gasteiger charge is -2.34. The molecule has 0 aliphatic carbocycles. The summed E-state index contributed by atoms with van der Waals surface area (Å²) in [5.74, 6) is -0.227. The van der Waals surface area contributed by atoms with Crippen molar-refractivity contribution in [3.05, 3.63) is 125 Å². The SMILES string of the molecule is CCNC(=O)[C@@H](Cc1ccccc1)N(Cc1cccc(OC)c1)C(=O)CN(c1cccc(C)c1C)S(=O)(=O)c1ccc(C)cc1. The van der Waals surface area contributed by atoms with Crippen LogP contribution in [0.4, 0.5) is 5.69 Å². The molecule has 0 spiro atoms. The molecule has 0 saturated heterocycles. The highest BCUT2D eigenvalue weighted by molar-refractivity contribution is 7.92. The zero-order valence-electron chi connectivity index (χ0n) is 26.5. The molecule has 4 aromatic carbocycles. The third-order valence-electron chi connectivity index (χ3n) is 7.84. The van der Waals surface area contributed by atoms with Gasteiger partial charge in [0.1, 0.15) is 18.3 Å². The molecule has 1 atom stereocenters. The predicted molar refractivity (Wildman–Crippen MR) is 178 cm³/mol. The molecular weight excluding hydrogens is 586 g/mol. The quantitative estimate of drug-likeness (QED) is 0.209. The van der Waals surface area contributed by atoms with Crippen LogP contribution in [0.3, 0.4) is 0 Å². The van der Waals surface area contributed by atoms with Gasteiger partial charge < -0.3 is 15.0 Å². The van der Waals surface area contributed by atoms with Crippen LogP contribution in [-0.2, 0) is 32.6 Å². The number of sulfonamides is 1. The summed E-state index contributed by atoms with van der Waals surface area (Å²) >= 11 is 0. The van der Waals surface area contributed by atoms with E-state index in [0.717, 1.165) is 32.1 Å². The Morgan fingerprint density at radius 1 is 0.844 bits per heavy atom. The number of nitrogens with one attached hydrogen (secondary N) is 1. The van der Waals surface area contributed by atoms with Gasteiger partial charge in [0.2, 0.25) is 11.8 Å². The van der Waals surface area contributed by atoms with Gasteiger partial charge in [-0.3, -0.25) is 13.9 Å². The first-order valence-electron chi connectivity index (χ1n) is 14.9. The second-order valence-corrected chi connectivity index (χ2v) is 12.9. The van der Waals surface area contributed by atoms with Crippen molar-refractivity contribution in [2.24, 2.45) is 0 Å². The van der Waals surface area contributed by atoms with Gasteiger partial charge in [-0.1, -0.05) is 72.3 Å². The summed E-state index contributed by atoms with van der Waals surface area (Å²) in [5.41, 5.74) is 4.56. The highest BCUT2D eigenvalue weighted by Gasteiger charge is 2.35. The largest absolute Gasteiger partial charge is 0.497 e. The molecule has 45 heavy (non-hydrogen) atoms. The molecule has 0 fully saturated rings. The van der Waals surface area contributed by atoms with Crippen molar-refractivity contribution in [1.82, 2.24) is 10.2 Å². The Morgan fingerprint density at radius 2 is 1.51 bits per heavy atom. The fourth-order valence-corrected chi connectivity index (χ4v) is 6.64. The fraction of sp³-hybridized carbons (Fsp3) is 0.278. The van der Waals surface area contributed by atoms with Crippen LogP contribution < -0.4 is 14.4 Å². The van der Waals surface area contributed by atoms with Gasteiger partial charge in [0.25, 0.3) is 10.0 Å². The second kappa shape index (κ2) is 14.9. The van der Waals surface area contributed by atoms with Crippen LogP contribution in [0.1, 0.15) is 34.7 Å². The maximum atomic E-state index is 14.6. The Hall–Kier alpha value is -4.63. The van der Waals surface area contributed by atoms with Gasteiger partial charge in [-0.05, 0) is 80.3 Å². The first kappa shape index (κ1) is 33.3. The molecule has 9 heteroatoms.